The molecule has 1 heterocycles. The fourth-order valence-corrected chi connectivity index (χ4v) is 4.39. The van der Waals surface area contributed by atoms with Gasteiger partial charge < -0.3 is 21.1 Å². The van der Waals surface area contributed by atoms with Crippen LogP contribution in [-0.2, 0) is 20.9 Å². The lowest BCUT2D eigenvalue weighted by atomic mass is 10.2. The first-order valence-corrected chi connectivity index (χ1v) is 12.4. The number of carbonyl (C=O) groups is 3. The second kappa shape index (κ2) is 13.0. The number of hydrogen-bond donors (Lipinski definition) is 3. The van der Waals surface area contributed by atoms with Gasteiger partial charge in [-0.05, 0) is 42.0 Å². The molecule has 1 saturated heterocycles. The lowest BCUT2D eigenvalue weighted by Gasteiger charge is -2.33. The zero-order valence-electron chi connectivity index (χ0n) is 18.4. The van der Waals surface area contributed by atoms with Crippen molar-refractivity contribution in [1.82, 2.24) is 15.5 Å². The Kier molecular flexibility index (Phi) is 10.0. The van der Waals surface area contributed by atoms with Crippen LogP contribution in [0.5, 0.6) is 0 Å². The van der Waals surface area contributed by atoms with Gasteiger partial charge in [-0.1, -0.05) is 29.3 Å². The quantitative estimate of drug-likeness (QED) is 0.411. The molecule has 0 spiro atoms. The van der Waals surface area contributed by atoms with E-state index in [4.69, 9.17) is 33.7 Å². The summed E-state index contributed by atoms with van der Waals surface area (Å²) in [5.74, 6) is -0.843. The fourth-order valence-electron chi connectivity index (χ4n) is 3.34. The third-order valence-electron chi connectivity index (χ3n) is 5.05. The predicted molar refractivity (Wildman–Crippen MR) is 133 cm³/mol. The van der Waals surface area contributed by atoms with Crippen LogP contribution < -0.4 is 16.4 Å². The number of amides is 3. The predicted octanol–water partition coefficient (Wildman–Crippen LogP) is 2.32. The van der Waals surface area contributed by atoms with Crippen molar-refractivity contribution in [3.8, 4) is 0 Å². The number of rotatable bonds is 10. The van der Waals surface area contributed by atoms with Crippen LogP contribution in [0.4, 0.5) is 0 Å². The third kappa shape index (κ3) is 8.48. The minimum Gasteiger partial charge on any atom is -0.374 e. The average Bonchev–Trinajstić information content (AvgIpc) is 2.83. The van der Waals surface area contributed by atoms with Crippen molar-refractivity contribution in [2.75, 3.05) is 38.5 Å². The van der Waals surface area contributed by atoms with Crippen LogP contribution in [0.3, 0.4) is 0 Å². The Bertz CT molecular complexity index is 1020. The van der Waals surface area contributed by atoms with E-state index in [1.54, 1.807) is 30.3 Å². The molecule has 0 aliphatic carbocycles. The highest BCUT2D eigenvalue weighted by Gasteiger charge is 2.21. The topological polar surface area (TPSA) is 114 Å². The molecule has 2 aromatic rings. The molecule has 2 aromatic carbocycles. The van der Waals surface area contributed by atoms with Gasteiger partial charge in [0.25, 0.3) is 5.91 Å². The number of nitrogens with one attached hydrogen (secondary N) is 2. The Balaban J connectivity index is 1.38. The van der Waals surface area contributed by atoms with Crippen molar-refractivity contribution in [2.24, 2.45) is 5.73 Å². The molecular formula is C23H26Cl2N4O4S. The second-order valence-corrected chi connectivity index (χ2v) is 9.61. The first-order valence-electron chi connectivity index (χ1n) is 10.6. The van der Waals surface area contributed by atoms with Gasteiger partial charge in [-0.15, -0.1) is 11.8 Å². The van der Waals surface area contributed by atoms with Crippen LogP contribution in [0.15, 0.2) is 47.4 Å². The Morgan fingerprint density at radius 2 is 1.85 bits per heavy atom. The zero-order chi connectivity index (χ0) is 24.5. The van der Waals surface area contributed by atoms with E-state index in [-0.39, 0.29) is 30.2 Å². The monoisotopic (exact) mass is 524 g/mol. The van der Waals surface area contributed by atoms with E-state index >= 15 is 0 Å². The summed E-state index contributed by atoms with van der Waals surface area (Å²) in [6.07, 6.45) is -0.0938. The maximum atomic E-state index is 12.3. The molecule has 11 heteroatoms. The molecule has 182 valence electrons. The summed E-state index contributed by atoms with van der Waals surface area (Å²) in [4.78, 5) is 38.1. The number of halogens is 2. The number of ether oxygens (including phenoxy) is 1. The number of hydrogen-bond acceptors (Lipinski definition) is 6. The van der Waals surface area contributed by atoms with Gasteiger partial charge in [0.1, 0.15) is 0 Å². The van der Waals surface area contributed by atoms with E-state index in [1.807, 2.05) is 12.1 Å². The van der Waals surface area contributed by atoms with E-state index < -0.39 is 5.91 Å². The molecule has 1 aliphatic rings. The third-order valence-corrected chi connectivity index (χ3v) is 6.80. The molecule has 0 saturated carbocycles. The first-order chi connectivity index (χ1) is 16.3. The zero-order valence-corrected chi connectivity index (χ0v) is 20.7. The number of nitrogens with two attached hydrogens (primary N) is 1. The SMILES string of the molecule is NC(=O)CNC(=O)c1ccc(SCC(=O)NCC2CN(Cc3ccc(Cl)c(Cl)c3)CCO2)cc1. The normalized spacial score (nSPS) is 16.1. The number of benzene rings is 2. The summed E-state index contributed by atoms with van der Waals surface area (Å²) in [6.45, 7) is 3.04. The molecule has 1 atom stereocenters. The summed E-state index contributed by atoms with van der Waals surface area (Å²) < 4.78 is 5.79. The molecular weight excluding hydrogens is 499 g/mol. The van der Waals surface area contributed by atoms with Crippen LogP contribution in [-0.4, -0.2) is 67.3 Å². The molecule has 3 amide bonds. The van der Waals surface area contributed by atoms with E-state index in [9.17, 15) is 14.4 Å². The minimum atomic E-state index is -0.607. The van der Waals surface area contributed by atoms with Gasteiger partial charge in [-0.25, -0.2) is 0 Å². The van der Waals surface area contributed by atoms with Crippen molar-refractivity contribution in [3.05, 3.63) is 63.6 Å². The van der Waals surface area contributed by atoms with E-state index in [0.29, 0.717) is 35.3 Å². The number of nitrogens with zero attached hydrogens (tertiary/aromatic N) is 1. The number of primary amides is 1. The Morgan fingerprint density at radius 3 is 2.56 bits per heavy atom. The highest BCUT2D eigenvalue weighted by molar-refractivity contribution is 8.00. The van der Waals surface area contributed by atoms with Crippen LogP contribution in [0, 0.1) is 0 Å². The molecule has 4 N–H and O–H groups in total. The van der Waals surface area contributed by atoms with Crippen molar-refractivity contribution in [1.29, 1.82) is 0 Å². The number of carbonyl (C=O) groups excluding carboxylic acids is 3. The fraction of sp³-hybridized carbons (Fsp3) is 0.348. The molecule has 8 nitrogen and oxygen atoms in total. The van der Waals surface area contributed by atoms with E-state index in [1.165, 1.54) is 11.8 Å². The lowest BCUT2D eigenvalue weighted by Crippen LogP contribution is -2.47. The largest absolute Gasteiger partial charge is 0.374 e. The maximum Gasteiger partial charge on any atom is 0.251 e. The maximum absolute atomic E-state index is 12.3. The number of morpholine rings is 1. The van der Waals surface area contributed by atoms with Crippen molar-refractivity contribution in [3.63, 3.8) is 0 Å². The lowest BCUT2D eigenvalue weighted by molar-refractivity contribution is -0.120. The molecule has 0 aromatic heterocycles. The van der Waals surface area contributed by atoms with Crippen molar-refractivity contribution < 1.29 is 19.1 Å². The molecule has 0 bridgehead atoms. The average molecular weight is 525 g/mol. The summed E-state index contributed by atoms with van der Waals surface area (Å²) in [7, 11) is 0. The highest BCUT2D eigenvalue weighted by Crippen LogP contribution is 2.23. The molecule has 34 heavy (non-hydrogen) atoms. The summed E-state index contributed by atoms with van der Waals surface area (Å²) in [5.41, 5.74) is 6.50. The van der Waals surface area contributed by atoms with Crippen molar-refractivity contribution in [2.45, 2.75) is 17.5 Å². The van der Waals surface area contributed by atoms with Gasteiger partial charge in [0, 0.05) is 36.6 Å². The molecule has 0 radical (unpaired) electrons. The summed E-state index contributed by atoms with van der Waals surface area (Å²) in [6, 6.07) is 12.4. The molecule has 1 unspecified atom stereocenters. The molecule has 3 rings (SSSR count). The number of thioether (sulfide) groups is 1. The molecule has 1 aliphatic heterocycles. The van der Waals surface area contributed by atoms with Gasteiger partial charge in [0.15, 0.2) is 0 Å². The smallest absolute Gasteiger partial charge is 0.251 e. The summed E-state index contributed by atoms with van der Waals surface area (Å²) >= 11 is 13.5. The Labute approximate surface area is 212 Å². The van der Waals surface area contributed by atoms with Gasteiger partial charge in [-0.2, -0.15) is 0 Å². The first kappa shape index (κ1) is 26.3. The summed E-state index contributed by atoms with van der Waals surface area (Å²) in [5, 5.41) is 6.42. The van der Waals surface area contributed by atoms with Crippen LogP contribution in [0.2, 0.25) is 10.0 Å². The standard InChI is InChI=1S/C23H26Cl2N4O4S/c24-19-6-1-15(9-20(19)25)12-29-7-8-33-17(13-29)10-27-22(31)14-34-18-4-2-16(3-5-18)23(32)28-11-21(26)30/h1-6,9,17H,7-8,10-14H2,(H2,26,30)(H,27,31)(H,28,32). The second-order valence-electron chi connectivity index (χ2n) is 7.74. The van der Waals surface area contributed by atoms with Crippen LogP contribution >= 0.6 is 35.0 Å². The van der Waals surface area contributed by atoms with Gasteiger partial charge >= 0.3 is 0 Å². The Hall–Kier alpha value is -2.30. The van der Waals surface area contributed by atoms with Gasteiger partial charge in [-0.3, -0.25) is 19.3 Å². The highest BCUT2D eigenvalue weighted by atomic mass is 35.5. The Morgan fingerprint density at radius 1 is 1.09 bits per heavy atom. The van der Waals surface area contributed by atoms with E-state index in [2.05, 4.69) is 15.5 Å². The minimum absolute atomic E-state index is 0.0938. The van der Waals surface area contributed by atoms with E-state index in [0.717, 1.165) is 23.5 Å². The van der Waals surface area contributed by atoms with Crippen LogP contribution in [0.25, 0.3) is 0 Å². The van der Waals surface area contributed by atoms with Crippen molar-refractivity contribution >= 4 is 52.7 Å². The molecule has 1 fully saturated rings. The van der Waals surface area contributed by atoms with Crippen LogP contribution in [0.1, 0.15) is 15.9 Å². The van der Waals surface area contributed by atoms with Gasteiger partial charge in [0.05, 0.1) is 35.1 Å². The van der Waals surface area contributed by atoms with Gasteiger partial charge in [0.2, 0.25) is 11.8 Å².